The highest BCUT2D eigenvalue weighted by atomic mass is 32.2. The fraction of sp³-hybridized carbons (Fsp3) is 0.0909. The van der Waals surface area contributed by atoms with Gasteiger partial charge in [-0.25, -0.2) is 13.8 Å². The molecule has 7 heteroatoms. The molecule has 148 valence electrons. The van der Waals surface area contributed by atoms with E-state index in [-0.39, 0.29) is 12.5 Å². The molecule has 0 aromatic heterocycles. The molecule has 0 radical (unpaired) electrons. The van der Waals surface area contributed by atoms with E-state index < -0.39 is 10.0 Å². The number of nitrogens with one attached hydrogen (secondary N) is 1. The second-order valence-corrected chi connectivity index (χ2v) is 8.32. The van der Waals surface area contributed by atoms with Crippen LogP contribution in [0.25, 0.3) is 0 Å². The zero-order valence-electron chi connectivity index (χ0n) is 15.9. The minimum atomic E-state index is -3.45. The molecule has 0 unspecified atom stereocenters. The molecule has 3 rings (SSSR count). The third kappa shape index (κ3) is 5.76. The Balaban J connectivity index is 1.67. The summed E-state index contributed by atoms with van der Waals surface area (Å²) in [7, 11) is -3.45. The Bertz CT molecular complexity index is 1080. The molecule has 3 aromatic rings. The van der Waals surface area contributed by atoms with Gasteiger partial charge >= 0.3 is 0 Å². The lowest BCUT2D eigenvalue weighted by Gasteiger charge is -2.22. The summed E-state index contributed by atoms with van der Waals surface area (Å²) in [5.74, 6) is -0.341. The maximum absolute atomic E-state index is 12.2. The van der Waals surface area contributed by atoms with E-state index in [2.05, 4.69) is 10.5 Å². The number of hydrogen-bond donors (Lipinski definition) is 1. The predicted molar refractivity (Wildman–Crippen MR) is 115 cm³/mol. The quantitative estimate of drug-likeness (QED) is 0.481. The Kier molecular flexibility index (Phi) is 6.41. The van der Waals surface area contributed by atoms with E-state index in [9.17, 15) is 13.2 Å². The molecule has 0 fully saturated rings. The summed E-state index contributed by atoms with van der Waals surface area (Å²) in [6.45, 7) is 0.177. The molecule has 0 saturated carbocycles. The first-order valence-corrected chi connectivity index (χ1v) is 10.8. The maximum atomic E-state index is 12.2. The summed E-state index contributed by atoms with van der Waals surface area (Å²) >= 11 is 0. The van der Waals surface area contributed by atoms with Crippen molar-refractivity contribution in [3.63, 3.8) is 0 Å². The number of anilines is 1. The van der Waals surface area contributed by atoms with Crippen LogP contribution in [0.4, 0.5) is 5.69 Å². The summed E-state index contributed by atoms with van der Waals surface area (Å²) in [4.78, 5) is 12.2. The third-order valence-electron chi connectivity index (χ3n) is 4.17. The highest BCUT2D eigenvalue weighted by Crippen LogP contribution is 2.20. The normalized spacial score (nSPS) is 11.3. The number of carbonyl (C=O) groups excluding carboxylic acids is 1. The van der Waals surface area contributed by atoms with Crippen molar-refractivity contribution in [2.75, 3.05) is 10.6 Å². The lowest BCUT2D eigenvalue weighted by atomic mass is 10.1. The average molecular weight is 407 g/mol. The largest absolute Gasteiger partial charge is 0.271 e. The molecule has 0 saturated heterocycles. The number of sulfonamides is 1. The lowest BCUT2D eigenvalue weighted by Crippen LogP contribution is -2.29. The van der Waals surface area contributed by atoms with Gasteiger partial charge in [0.2, 0.25) is 10.0 Å². The molecule has 3 aromatic carbocycles. The summed E-state index contributed by atoms with van der Waals surface area (Å²) in [6.07, 6.45) is 2.74. The highest BCUT2D eigenvalue weighted by Gasteiger charge is 2.17. The van der Waals surface area contributed by atoms with Gasteiger partial charge in [0.25, 0.3) is 5.91 Å². The fourth-order valence-corrected chi connectivity index (χ4v) is 3.58. The van der Waals surface area contributed by atoms with E-state index in [1.54, 1.807) is 54.7 Å². The molecular formula is C22H21N3O3S. The number of carbonyl (C=O) groups is 1. The SMILES string of the molecule is CS(=O)(=O)N(Cc1ccc(C(=O)NN=Cc2ccccc2)cc1)c1ccccc1. The van der Waals surface area contributed by atoms with Crippen LogP contribution >= 0.6 is 0 Å². The Labute approximate surface area is 170 Å². The Hall–Kier alpha value is -3.45. The minimum absolute atomic E-state index is 0.177. The van der Waals surface area contributed by atoms with Crippen molar-refractivity contribution in [1.29, 1.82) is 0 Å². The predicted octanol–water partition coefficient (Wildman–Crippen LogP) is 3.42. The summed E-state index contributed by atoms with van der Waals surface area (Å²) < 4.78 is 25.7. The Morgan fingerprint density at radius 1 is 0.931 bits per heavy atom. The van der Waals surface area contributed by atoms with E-state index in [1.807, 2.05) is 36.4 Å². The molecule has 1 amide bonds. The second kappa shape index (κ2) is 9.16. The van der Waals surface area contributed by atoms with E-state index >= 15 is 0 Å². The van der Waals surface area contributed by atoms with Crippen molar-refractivity contribution in [2.24, 2.45) is 5.10 Å². The van der Waals surface area contributed by atoms with Crippen molar-refractivity contribution < 1.29 is 13.2 Å². The van der Waals surface area contributed by atoms with Crippen LogP contribution in [-0.4, -0.2) is 26.8 Å². The third-order valence-corrected chi connectivity index (χ3v) is 5.31. The van der Waals surface area contributed by atoms with Crippen molar-refractivity contribution >= 4 is 27.8 Å². The number of amides is 1. The van der Waals surface area contributed by atoms with Crippen molar-refractivity contribution in [3.05, 3.63) is 102 Å². The van der Waals surface area contributed by atoms with Gasteiger partial charge in [0.15, 0.2) is 0 Å². The van der Waals surface area contributed by atoms with Crippen LogP contribution in [0.3, 0.4) is 0 Å². The molecule has 0 aliphatic heterocycles. The first-order chi connectivity index (χ1) is 13.9. The van der Waals surface area contributed by atoms with Crippen molar-refractivity contribution in [1.82, 2.24) is 5.43 Å². The Morgan fingerprint density at radius 3 is 2.10 bits per heavy atom. The molecule has 0 aliphatic carbocycles. The second-order valence-electron chi connectivity index (χ2n) is 6.41. The first kappa shape index (κ1) is 20.3. The van der Waals surface area contributed by atoms with Crippen LogP contribution in [0.2, 0.25) is 0 Å². The topological polar surface area (TPSA) is 78.8 Å². The van der Waals surface area contributed by atoms with E-state index in [4.69, 9.17) is 0 Å². The molecule has 0 bridgehead atoms. The van der Waals surface area contributed by atoms with E-state index in [0.717, 1.165) is 11.1 Å². The minimum Gasteiger partial charge on any atom is -0.267 e. The highest BCUT2D eigenvalue weighted by molar-refractivity contribution is 7.92. The number of rotatable bonds is 7. The lowest BCUT2D eigenvalue weighted by molar-refractivity contribution is 0.0955. The molecule has 0 aliphatic rings. The van der Waals surface area contributed by atoms with Gasteiger partial charge in [-0.1, -0.05) is 60.7 Å². The molecule has 0 heterocycles. The van der Waals surface area contributed by atoms with Gasteiger partial charge in [-0.2, -0.15) is 5.10 Å². The van der Waals surface area contributed by atoms with Gasteiger partial charge in [-0.3, -0.25) is 9.10 Å². The molecule has 29 heavy (non-hydrogen) atoms. The fourth-order valence-electron chi connectivity index (χ4n) is 2.69. The molecule has 0 spiro atoms. The number of hydrazone groups is 1. The number of para-hydroxylation sites is 1. The van der Waals surface area contributed by atoms with Gasteiger partial charge in [0.05, 0.1) is 24.7 Å². The van der Waals surface area contributed by atoms with Crippen LogP contribution < -0.4 is 9.73 Å². The van der Waals surface area contributed by atoms with Gasteiger partial charge in [0.1, 0.15) is 0 Å². The average Bonchev–Trinajstić information content (AvgIpc) is 2.73. The maximum Gasteiger partial charge on any atom is 0.271 e. The monoisotopic (exact) mass is 407 g/mol. The molecule has 0 atom stereocenters. The number of hydrogen-bond acceptors (Lipinski definition) is 4. The van der Waals surface area contributed by atoms with Gasteiger partial charge in [0, 0.05) is 5.56 Å². The summed E-state index contributed by atoms with van der Waals surface area (Å²) in [5.41, 5.74) is 5.15. The van der Waals surface area contributed by atoms with E-state index in [1.165, 1.54) is 10.6 Å². The summed E-state index contributed by atoms with van der Waals surface area (Å²) in [6, 6.07) is 25.1. The van der Waals surface area contributed by atoms with Gasteiger partial charge in [-0.05, 0) is 35.4 Å². The summed E-state index contributed by atoms with van der Waals surface area (Å²) in [5, 5.41) is 3.95. The van der Waals surface area contributed by atoms with Crippen LogP contribution in [0.1, 0.15) is 21.5 Å². The van der Waals surface area contributed by atoms with E-state index in [0.29, 0.717) is 11.3 Å². The zero-order chi connectivity index (χ0) is 20.7. The van der Waals surface area contributed by atoms with Crippen molar-refractivity contribution in [2.45, 2.75) is 6.54 Å². The van der Waals surface area contributed by atoms with Crippen LogP contribution in [0.5, 0.6) is 0 Å². The van der Waals surface area contributed by atoms with Gasteiger partial charge in [-0.15, -0.1) is 0 Å². The Morgan fingerprint density at radius 2 is 1.52 bits per heavy atom. The zero-order valence-corrected chi connectivity index (χ0v) is 16.7. The smallest absolute Gasteiger partial charge is 0.267 e. The van der Waals surface area contributed by atoms with Crippen LogP contribution in [0, 0.1) is 0 Å². The number of nitrogens with zero attached hydrogens (tertiary/aromatic N) is 2. The first-order valence-electron chi connectivity index (χ1n) is 8.93. The van der Waals surface area contributed by atoms with Crippen LogP contribution in [0.15, 0.2) is 90.0 Å². The van der Waals surface area contributed by atoms with Crippen LogP contribution in [-0.2, 0) is 16.6 Å². The van der Waals surface area contributed by atoms with Crippen molar-refractivity contribution in [3.8, 4) is 0 Å². The standard InChI is InChI=1S/C22H21N3O3S/c1-29(27,28)25(21-10-6-3-7-11-21)17-19-12-14-20(15-13-19)22(26)24-23-16-18-8-4-2-5-9-18/h2-16H,17H2,1H3,(H,24,26). The number of benzene rings is 3. The molecule has 1 N–H and O–H groups in total. The van der Waals surface area contributed by atoms with Gasteiger partial charge < -0.3 is 0 Å². The molecule has 6 nitrogen and oxygen atoms in total. The molecular weight excluding hydrogens is 386 g/mol.